The summed E-state index contributed by atoms with van der Waals surface area (Å²) in [5.74, 6) is 2.27. The van der Waals surface area contributed by atoms with E-state index in [9.17, 15) is 9.59 Å². The summed E-state index contributed by atoms with van der Waals surface area (Å²) < 4.78 is 5.66. The zero-order valence-corrected chi connectivity index (χ0v) is 20.4. The van der Waals surface area contributed by atoms with Crippen molar-refractivity contribution in [1.29, 1.82) is 0 Å². The van der Waals surface area contributed by atoms with Gasteiger partial charge < -0.3 is 4.74 Å². The second-order valence-corrected chi connectivity index (χ2v) is 12.1. The lowest BCUT2D eigenvalue weighted by atomic mass is 9.52. The van der Waals surface area contributed by atoms with Crippen LogP contribution in [0.5, 0.6) is 0 Å². The number of hydrogen-bond donors (Lipinski definition) is 0. The van der Waals surface area contributed by atoms with Crippen molar-refractivity contribution in [2.75, 3.05) is 7.11 Å². The molecule has 0 N–H and O–H groups in total. The second kappa shape index (κ2) is 7.65. The van der Waals surface area contributed by atoms with Crippen molar-refractivity contribution in [3.05, 3.63) is 46.5 Å². The molecule has 0 aromatic heterocycles. The molecular formula is C29H38O3. The summed E-state index contributed by atoms with van der Waals surface area (Å²) in [6.07, 6.45) is 6.03. The minimum absolute atomic E-state index is 0.124. The van der Waals surface area contributed by atoms with Gasteiger partial charge in [0, 0.05) is 31.3 Å². The lowest BCUT2D eigenvalue weighted by Gasteiger charge is -2.51. The molecule has 0 amide bonds. The van der Waals surface area contributed by atoms with E-state index in [1.165, 1.54) is 11.1 Å². The van der Waals surface area contributed by atoms with E-state index in [4.69, 9.17) is 4.74 Å². The number of ether oxygens (including phenoxy) is 1. The highest BCUT2D eigenvalue weighted by Gasteiger charge is 2.60. The number of methoxy groups -OCH3 is 1. The maximum Gasteiger partial charge on any atom is 0.167 e. The lowest BCUT2D eigenvalue weighted by Crippen LogP contribution is -2.45. The molecule has 4 aliphatic carbocycles. The summed E-state index contributed by atoms with van der Waals surface area (Å²) >= 11 is 0. The van der Waals surface area contributed by atoms with Gasteiger partial charge in [0.25, 0.3) is 0 Å². The van der Waals surface area contributed by atoms with Crippen LogP contribution >= 0.6 is 0 Å². The van der Waals surface area contributed by atoms with Gasteiger partial charge in [-0.15, -0.1) is 0 Å². The molecule has 3 nitrogen and oxygen atoms in total. The molecular weight excluding hydrogens is 396 g/mol. The molecule has 0 radical (unpaired) electrons. The monoisotopic (exact) mass is 434 g/mol. The minimum atomic E-state index is -0.319. The minimum Gasteiger partial charge on any atom is -0.374 e. The average molecular weight is 435 g/mol. The molecule has 5 rings (SSSR count). The van der Waals surface area contributed by atoms with Gasteiger partial charge in [-0.3, -0.25) is 9.59 Å². The van der Waals surface area contributed by atoms with Crippen LogP contribution in [0.25, 0.3) is 0 Å². The predicted molar refractivity (Wildman–Crippen MR) is 127 cm³/mol. The van der Waals surface area contributed by atoms with E-state index in [-0.39, 0.29) is 22.9 Å². The average Bonchev–Trinajstić information content (AvgIpc) is 3.02. The highest BCUT2D eigenvalue weighted by atomic mass is 16.5. The maximum atomic E-state index is 13.5. The molecule has 1 aromatic carbocycles. The molecule has 3 heteroatoms. The zero-order valence-electron chi connectivity index (χ0n) is 20.4. The van der Waals surface area contributed by atoms with Crippen molar-refractivity contribution >= 4 is 11.6 Å². The smallest absolute Gasteiger partial charge is 0.167 e. The van der Waals surface area contributed by atoms with E-state index in [0.717, 1.165) is 38.5 Å². The van der Waals surface area contributed by atoms with Gasteiger partial charge in [0.05, 0.1) is 0 Å². The molecule has 0 heterocycles. The summed E-state index contributed by atoms with van der Waals surface area (Å²) in [7, 11) is 1.69. The van der Waals surface area contributed by atoms with Crippen LogP contribution in [-0.4, -0.2) is 24.8 Å². The van der Waals surface area contributed by atoms with Crippen molar-refractivity contribution in [2.45, 2.75) is 90.1 Å². The Balaban J connectivity index is 1.62. The van der Waals surface area contributed by atoms with E-state index in [1.54, 1.807) is 18.3 Å². The van der Waals surface area contributed by atoms with Crippen molar-refractivity contribution in [1.82, 2.24) is 0 Å². The molecule has 3 saturated carbocycles. The fourth-order valence-corrected chi connectivity index (χ4v) is 7.57. The number of allylic oxidation sites excluding steroid dienone is 2. The molecule has 3 fully saturated rings. The fourth-order valence-electron chi connectivity index (χ4n) is 7.57. The number of ketones is 2. The van der Waals surface area contributed by atoms with Crippen LogP contribution in [0.3, 0.4) is 0 Å². The van der Waals surface area contributed by atoms with Gasteiger partial charge in [0.15, 0.2) is 5.78 Å². The van der Waals surface area contributed by atoms with Crippen LogP contribution in [0.1, 0.15) is 89.7 Å². The number of benzene rings is 1. The Hall–Kier alpha value is -1.74. The number of rotatable bonds is 2. The first-order valence-corrected chi connectivity index (χ1v) is 12.6. The Labute approximate surface area is 193 Å². The standard InChI is InChI=1S/C29H38O3/c1-28(2,3)19-9-6-17(7-10-19)23-16-29(4)24(15-25(32-5)27(29)31)22-12-8-18-14-20(30)11-13-21(18)26(22)23/h6-7,9-10,18,22-25H,8,11-16H2,1-5H3/t18?,22-,23+,24-,25+,29-/m0/s1. The molecule has 172 valence electrons. The van der Waals surface area contributed by atoms with E-state index in [1.807, 2.05) is 0 Å². The topological polar surface area (TPSA) is 43.4 Å². The van der Waals surface area contributed by atoms with Gasteiger partial charge in [0.2, 0.25) is 0 Å². The van der Waals surface area contributed by atoms with Crippen molar-refractivity contribution in [2.24, 2.45) is 23.2 Å². The van der Waals surface area contributed by atoms with E-state index >= 15 is 0 Å². The Morgan fingerprint density at radius 1 is 1.03 bits per heavy atom. The first kappa shape index (κ1) is 22.1. The first-order chi connectivity index (χ1) is 15.1. The molecule has 4 aliphatic rings. The predicted octanol–water partition coefficient (Wildman–Crippen LogP) is 6.16. The summed E-state index contributed by atoms with van der Waals surface area (Å²) in [6, 6.07) is 9.18. The molecule has 1 unspecified atom stereocenters. The number of Topliss-reactive ketones (excluding diaryl/α,β-unsaturated/α-hetero) is 2. The van der Waals surface area contributed by atoms with Gasteiger partial charge in [-0.05, 0) is 66.4 Å². The van der Waals surface area contributed by atoms with Gasteiger partial charge in [-0.1, -0.05) is 63.1 Å². The number of carbonyl (C=O) groups excluding carboxylic acids is 2. The summed E-state index contributed by atoms with van der Waals surface area (Å²) in [5.41, 5.74) is 5.66. The third-order valence-corrected chi connectivity index (χ3v) is 9.33. The Bertz CT molecular complexity index is 963. The van der Waals surface area contributed by atoms with Crippen molar-refractivity contribution < 1.29 is 14.3 Å². The van der Waals surface area contributed by atoms with Crippen LogP contribution in [0.2, 0.25) is 0 Å². The molecule has 0 bridgehead atoms. The third kappa shape index (κ3) is 3.34. The number of fused-ring (bicyclic) bond motifs is 4. The van der Waals surface area contributed by atoms with Crippen LogP contribution in [0.15, 0.2) is 35.4 Å². The lowest BCUT2D eigenvalue weighted by molar-refractivity contribution is -0.135. The molecule has 0 aliphatic heterocycles. The van der Waals surface area contributed by atoms with Gasteiger partial charge in [-0.25, -0.2) is 0 Å². The van der Waals surface area contributed by atoms with Gasteiger partial charge >= 0.3 is 0 Å². The molecule has 1 aromatic rings. The molecule has 0 saturated heterocycles. The molecule has 0 spiro atoms. The normalized spacial score (nSPS) is 37.2. The zero-order chi connectivity index (χ0) is 22.8. The van der Waals surface area contributed by atoms with Crippen LogP contribution in [0.4, 0.5) is 0 Å². The summed E-state index contributed by atoms with van der Waals surface area (Å²) in [5, 5.41) is 0. The summed E-state index contributed by atoms with van der Waals surface area (Å²) in [4.78, 5) is 25.7. The SMILES string of the molecule is CO[C@@H]1C[C@H]2[C@@H]3CCC4CC(=O)CCC4=C3[C@@H](c3ccc(C(C)(C)C)cc3)C[C@]2(C)C1=O. The van der Waals surface area contributed by atoms with Crippen molar-refractivity contribution in [3.63, 3.8) is 0 Å². The maximum absolute atomic E-state index is 13.5. The quantitative estimate of drug-likeness (QED) is 0.524. The largest absolute Gasteiger partial charge is 0.374 e. The highest BCUT2D eigenvalue weighted by Crippen LogP contribution is 2.63. The molecule has 6 atom stereocenters. The van der Waals surface area contributed by atoms with E-state index in [2.05, 4.69) is 52.0 Å². The van der Waals surface area contributed by atoms with Crippen molar-refractivity contribution in [3.8, 4) is 0 Å². The first-order valence-electron chi connectivity index (χ1n) is 12.6. The van der Waals surface area contributed by atoms with Gasteiger partial charge in [0.1, 0.15) is 11.9 Å². The number of hydrogen-bond acceptors (Lipinski definition) is 3. The van der Waals surface area contributed by atoms with Crippen LogP contribution in [-0.2, 0) is 19.7 Å². The molecule has 32 heavy (non-hydrogen) atoms. The van der Waals surface area contributed by atoms with E-state index < -0.39 is 0 Å². The van der Waals surface area contributed by atoms with E-state index in [0.29, 0.717) is 35.7 Å². The van der Waals surface area contributed by atoms with Crippen LogP contribution < -0.4 is 0 Å². The Morgan fingerprint density at radius 3 is 2.41 bits per heavy atom. The van der Waals surface area contributed by atoms with Gasteiger partial charge in [-0.2, -0.15) is 0 Å². The summed E-state index contributed by atoms with van der Waals surface area (Å²) in [6.45, 7) is 8.97. The number of carbonyl (C=O) groups is 2. The highest BCUT2D eigenvalue weighted by molar-refractivity contribution is 5.92. The Morgan fingerprint density at radius 2 is 1.75 bits per heavy atom. The van der Waals surface area contributed by atoms with Crippen LogP contribution in [0, 0.1) is 23.2 Å². The Kier molecular flexibility index (Phi) is 5.28. The third-order valence-electron chi connectivity index (χ3n) is 9.33. The fraction of sp³-hybridized carbons (Fsp3) is 0.655. The second-order valence-electron chi connectivity index (χ2n) is 12.1.